The first-order chi connectivity index (χ1) is 11.7. The van der Waals surface area contributed by atoms with Crippen LogP contribution in [0.2, 0.25) is 0 Å². The molecule has 2 aromatic rings. The number of likely N-dealkylation sites (tertiary alicyclic amines) is 1. The van der Waals surface area contributed by atoms with Crippen LogP contribution in [0.15, 0.2) is 54.6 Å². The molecule has 4 heteroatoms. The van der Waals surface area contributed by atoms with Crippen molar-refractivity contribution in [2.45, 2.75) is 25.8 Å². The van der Waals surface area contributed by atoms with Crippen LogP contribution >= 0.6 is 0 Å². The molecule has 1 aliphatic rings. The quantitative estimate of drug-likeness (QED) is 0.912. The van der Waals surface area contributed by atoms with Gasteiger partial charge in [0.25, 0.3) is 5.91 Å². The van der Waals surface area contributed by atoms with Gasteiger partial charge in [-0.2, -0.15) is 0 Å². The third kappa shape index (κ3) is 4.36. The Labute approximate surface area is 143 Å². The van der Waals surface area contributed by atoms with Gasteiger partial charge in [0.05, 0.1) is 0 Å². The molecule has 4 nitrogen and oxygen atoms in total. The molecule has 1 N–H and O–H groups in total. The summed E-state index contributed by atoms with van der Waals surface area (Å²) in [4.78, 5) is 14.8. The lowest BCUT2D eigenvalue weighted by Crippen LogP contribution is -2.44. The lowest BCUT2D eigenvalue weighted by Gasteiger charge is -2.31. The number of carbonyl (C=O) groups excluding carboxylic acids is 1. The monoisotopic (exact) mass is 324 g/mol. The average Bonchev–Trinajstić information content (AvgIpc) is 2.64. The zero-order chi connectivity index (χ0) is 16.8. The van der Waals surface area contributed by atoms with Crippen LogP contribution in [0.5, 0.6) is 11.5 Å². The number of para-hydroxylation sites is 1. The fourth-order valence-electron chi connectivity index (χ4n) is 2.96. The summed E-state index contributed by atoms with van der Waals surface area (Å²) >= 11 is 0. The van der Waals surface area contributed by atoms with Crippen LogP contribution in [0.1, 0.15) is 30.1 Å². The first-order valence-electron chi connectivity index (χ1n) is 8.61. The number of nitrogens with zero attached hydrogens (tertiary/aromatic N) is 1. The molecular weight excluding hydrogens is 300 g/mol. The molecule has 0 radical (unpaired) electrons. The Kier molecular flexibility index (Phi) is 5.49. The summed E-state index contributed by atoms with van der Waals surface area (Å²) in [6, 6.07) is 17.2. The van der Waals surface area contributed by atoms with Crippen molar-refractivity contribution in [3.63, 3.8) is 0 Å². The van der Waals surface area contributed by atoms with E-state index in [0.29, 0.717) is 5.56 Å². The van der Waals surface area contributed by atoms with Crippen molar-refractivity contribution in [1.29, 1.82) is 0 Å². The van der Waals surface area contributed by atoms with E-state index in [-0.39, 0.29) is 11.9 Å². The molecule has 0 spiro atoms. The molecular formula is C20H24N2O2. The predicted molar refractivity (Wildman–Crippen MR) is 95.6 cm³/mol. The van der Waals surface area contributed by atoms with Crippen molar-refractivity contribution in [1.82, 2.24) is 10.2 Å². The van der Waals surface area contributed by atoms with Gasteiger partial charge in [0, 0.05) is 24.7 Å². The minimum absolute atomic E-state index is 0.00351. The van der Waals surface area contributed by atoms with Crippen molar-refractivity contribution in [3.05, 3.63) is 60.2 Å². The third-order valence-corrected chi connectivity index (χ3v) is 4.47. The van der Waals surface area contributed by atoms with Gasteiger partial charge < -0.3 is 15.0 Å². The Balaban J connectivity index is 1.54. The summed E-state index contributed by atoms with van der Waals surface area (Å²) in [6.07, 6.45) is 2.05. The van der Waals surface area contributed by atoms with Crippen LogP contribution < -0.4 is 10.1 Å². The van der Waals surface area contributed by atoms with E-state index in [9.17, 15) is 4.79 Å². The molecule has 0 bridgehead atoms. The summed E-state index contributed by atoms with van der Waals surface area (Å²) in [6.45, 7) is 5.39. The fourth-order valence-corrected chi connectivity index (χ4v) is 2.96. The standard InChI is InChI=1S/C20H24N2O2/c1-2-22-14-12-17(13-15-22)21-20(23)16-8-10-19(11-9-16)24-18-6-4-3-5-7-18/h3-11,17H,2,12-15H2,1H3,(H,21,23). The third-order valence-electron chi connectivity index (χ3n) is 4.47. The maximum absolute atomic E-state index is 12.4. The number of ether oxygens (including phenoxy) is 1. The van der Waals surface area contributed by atoms with Gasteiger partial charge in [0.2, 0.25) is 0 Å². The molecule has 1 aliphatic heterocycles. The van der Waals surface area contributed by atoms with E-state index in [1.165, 1.54) is 0 Å². The number of carbonyl (C=O) groups is 1. The minimum Gasteiger partial charge on any atom is -0.457 e. The fraction of sp³-hybridized carbons (Fsp3) is 0.350. The molecule has 2 aromatic carbocycles. The highest BCUT2D eigenvalue weighted by atomic mass is 16.5. The SMILES string of the molecule is CCN1CCC(NC(=O)c2ccc(Oc3ccccc3)cc2)CC1. The van der Waals surface area contributed by atoms with Crippen LogP contribution in [0.25, 0.3) is 0 Å². The van der Waals surface area contributed by atoms with Gasteiger partial charge in [0.15, 0.2) is 0 Å². The molecule has 1 saturated heterocycles. The van der Waals surface area contributed by atoms with Crippen LogP contribution in [-0.4, -0.2) is 36.5 Å². The van der Waals surface area contributed by atoms with Gasteiger partial charge >= 0.3 is 0 Å². The summed E-state index contributed by atoms with van der Waals surface area (Å²) in [5.74, 6) is 1.52. The van der Waals surface area contributed by atoms with Gasteiger partial charge in [-0.3, -0.25) is 4.79 Å². The van der Waals surface area contributed by atoms with Gasteiger partial charge in [-0.05, 0) is 55.8 Å². The van der Waals surface area contributed by atoms with Crippen molar-refractivity contribution in [2.75, 3.05) is 19.6 Å². The number of hydrogen-bond acceptors (Lipinski definition) is 3. The highest BCUT2D eigenvalue weighted by Crippen LogP contribution is 2.21. The Morgan fingerprint density at radius 2 is 1.67 bits per heavy atom. The van der Waals surface area contributed by atoms with Crippen molar-refractivity contribution >= 4 is 5.91 Å². The molecule has 0 unspecified atom stereocenters. The van der Waals surface area contributed by atoms with Gasteiger partial charge in [-0.1, -0.05) is 25.1 Å². The van der Waals surface area contributed by atoms with Crippen LogP contribution in [0.4, 0.5) is 0 Å². The van der Waals surface area contributed by atoms with Crippen LogP contribution in [0, 0.1) is 0 Å². The second kappa shape index (κ2) is 7.97. The summed E-state index contributed by atoms with van der Waals surface area (Å²) in [5, 5.41) is 3.14. The molecule has 0 saturated carbocycles. The zero-order valence-electron chi connectivity index (χ0n) is 14.1. The molecule has 1 heterocycles. The zero-order valence-corrected chi connectivity index (χ0v) is 14.1. The van der Waals surface area contributed by atoms with E-state index in [0.717, 1.165) is 44.0 Å². The van der Waals surface area contributed by atoms with E-state index in [4.69, 9.17) is 4.74 Å². The molecule has 126 valence electrons. The Morgan fingerprint density at radius 1 is 1.04 bits per heavy atom. The normalized spacial score (nSPS) is 15.9. The number of nitrogens with one attached hydrogen (secondary N) is 1. The largest absolute Gasteiger partial charge is 0.457 e. The van der Waals surface area contributed by atoms with Gasteiger partial charge in [0.1, 0.15) is 11.5 Å². The first kappa shape index (κ1) is 16.5. The molecule has 0 aliphatic carbocycles. The Bertz CT molecular complexity index is 647. The van der Waals surface area contributed by atoms with Gasteiger partial charge in [-0.15, -0.1) is 0 Å². The van der Waals surface area contributed by atoms with Crippen molar-refractivity contribution < 1.29 is 9.53 Å². The van der Waals surface area contributed by atoms with E-state index < -0.39 is 0 Å². The average molecular weight is 324 g/mol. The number of benzene rings is 2. The van der Waals surface area contributed by atoms with E-state index in [1.54, 1.807) is 0 Å². The maximum atomic E-state index is 12.4. The topological polar surface area (TPSA) is 41.6 Å². The van der Waals surface area contributed by atoms with Crippen LogP contribution in [-0.2, 0) is 0 Å². The smallest absolute Gasteiger partial charge is 0.251 e. The van der Waals surface area contributed by atoms with E-state index in [2.05, 4.69) is 17.1 Å². The van der Waals surface area contributed by atoms with E-state index in [1.807, 2.05) is 54.6 Å². The second-order valence-corrected chi connectivity index (χ2v) is 6.12. The minimum atomic E-state index is -0.00351. The molecule has 1 amide bonds. The number of amides is 1. The summed E-state index contributed by atoms with van der Waals surface area (Å²) in [7, 11) is 0. The lowest BCUT2D eigenvalue weighted by molar-refractivity contribution is 0.0912. The number of piperidine rings is 1. The molecule has 1 fully saturated rings. The predicted octanol–water partition coefficient (Wildman–Crippen LogP) is 3.69. The van der Waals surface area contributed by atoms with Gasteiger partial charge in [-0.25, -0.2) is 0 Å². The van der Waals surface area contributed by atoms with Crippen LogP contribution in [0.3, 0.4) is 0 Å². The van der Waals surface area contributed by atoms with E-state index >= 15 is 0 Å². The molecule has 0 aromatic heterocycles. The summed E-state index contributed by atoms with van der Waals surface area (Å²) < 4.78 is 5.75. The molecule has 3 rings (SSSR count). The Hall–Kier alpha value is -2.33. The summed E-state index contributed by atoms with van der Waals surface area (Å²) in [5.41, 5.74) is 0.674. The number of rotatable bonds is 5. The highest BCUT2D eigenvalue weighted by molar-refractivity contribution is 5.94. The lowest BCUT2D eigenvalue weighted by atomic mass is 10.0. The Morgan fingerprint density at radius 3 is 2.29 bits per heavy atom. The molecule has 24 heavy (non-hydrogen) atoms. The van der Waals surface area contributed by atoms with Crippen molar-refractivity contribution in [2.24, 2.45) is 0 Å². The highest BCUT2D eigenvalue weighted by Gasteiger charge is 2.20. The van der Waals surface area contributed by atoms with Crippen molar-refractivity contribution in [3.8, 4) is 11.5 Å². The molecule has 0 atom stereocenters. The first-order valence-corrected chi connectivity index (χ1v) is 8.61. The maximum Gasteiger partial charge on any atom is 0.251 e. The number of hydrogen-bond donors (Lipinski definition) is 1. The second-order valence-electron chi connectivity index (χ2n) is 6.12.